The molecule has 0 unspecified atom stereocenters. The molecule has 0 aliphatic heterocycles. The summed E-state index contributed by atoms with van der Waals surface area (Å²) in [5, 5.41) is 26.2. The average Bonchev–Trinajstić information content (AvgIpc) is 2.71. The Morgan fingerprint density at radius 1 is 0.900 bits per heavy atom. The molecule has 11 heteroatoms. The molecular weight excluding hydrogens is 394 g/mol. The van der Waals surface area contributed by atoms with Crippen molar-refractivity contribution in [3.05, 3.63) is 35.9 Å². The van der Waals surface area contributed by atoms with Gasteiger partial charge in [-0.15, -0.1) is 0 Å². The third-order valence-corrected chi connectivity index (χ3v) is 4.25. The summed E-state index contributed by atoms with van der Waals surface area (Å²) in [6, 6.07) is 4.45. The number of amides is 3. The van der Waals surface area contributed by atoms with Crippen LogP contribution in [0, 0.1) is 0 Å². The maximum Gasteiger partial charge on any atom is 0.326 e. The van der Waals surface area contributed by atoms with Crippen LogP contribution >= 0.6 is 0 Å². The van der Waals surface area contributed by atoms with Crippen molar-refractivity contribution in [1.29, 1.82) is 0 Å². The molecule has 0 heterocycles. The first-order valence-corrected chi connectivity index (χ1v) is 9.48. The SMILES string of the molecule is C[C@@H](O)[C@H](NC(=O)[C@H](CCN)NC(=O)c1ccccc1)C(=O)N[C@@H](CCN)C(=O)O. The molecule has 11 nitrogen and oxygen atoms in total. The van der Waals surface area contributed by atoms with E-state index in [1.165, 1.54) is 6.92 Å². The van der Waals surface area contributed by atoms with Gasteiger partial charge in [-0.2, -0.15) is 0 Å². The molecule has 1 aromatic carbocycles. The lowest BCUT2D eigenvalue weighted by Gasteiger charge is -2.25. The van der Waals surface area contributed by atoms with Crippen LogP contribution in [0.3, 0.4) is 0 Å². The van der Waals surface area contributed by atoms with Crippen molar-refractivity contribution in [3.8, 4) is 0 Å². The van der Waals surface area contributed by atoms with Crippen molar-refractivity contribution >= 4 is 23.7 Å². The first-order chi connectivity index (χ1) is 14.2. The minimum atomic E-state index is -1.44. The lowest BCUT2D eigenvalue weighted by Crippen LogP contribution is -2.59. The van der Waals surface area contributed by atoms with Gasteiger partial charge >= 0.3 is 5.97 Å². The molecular formula is C19H29N5O6. The number of benzene rings is 1. The average molecular weight is 423 g/mol. The van der Waals surface area contributed by atoms with Crippen LogP contribution in [0.2, 0.25) is 0 Å². The van der Waals surface area contributed by atoms with Crippen LogP contribution in [0.5, 0.6) is 0 Å². The summed E-state index contributed by atoms with van der Waals surface area (Å²) in [5.41, 5.74) is 11.2. The van der Waals surface area contributed by atoms with Gasteiger partial charge in [0.25, 0.3) is 5.91 Å². The molecule has 30 heavy (non-hydrogen) atoms. The number of rotatable bonds is 12. The summed E-state index contributed by atoms with van der Waals surface area (Å²) >= 11 is 0. The molecule has 3 amide bonds. The monoisotopic (exact) mass is 423 g/mol. The number of carboxylic acid groups (broad SMARTS) is 1. The number of nitrogens with two attached hydrogens (primary N) is 2. The number of aliphatic hydroxyl groups excluding tert-OH is 1. The summed E-state index contributed by atoms with van der Waals surface area (Å²) in [6.45, 7) is 1.37. The van der Waals surface area contributed by atoms with Crippen molar-refractivity contribution < 1.29 is 29.4 Å². The van der Waals surface area contributed by atoms with E-state index < -0.39 is 47.9 Å². The third kappa shape index (κ3) is 7.78. The van der Waals surface area contributed by atoms with Gasteiger partial charge in [-0.05, 0) is 45.0 Å². The van der Waals surface area contributed by atoms with Crippen LogP contribution in [0.25, 0.3) is 0 Å². The van der Waals surface area contributed by atoms with Crippen molar-refractivity contribution in [2.45, 2.75) is 44.0 Å². The maximum absolute atomic E-state index is 12.7. The molecule has 1 aromatic rings. The Hall–Kier alpha value is -3.02. The Bertz CT molecular complexity index is 727. The number of aliphatic hydroxyl groups is 1. The number of carbonyl (C=O) groups is 4. The smallest absolute Gasteiger partial charge is 0.326 e. The number of carboxylic acids is 1. The molecule has 0 saturated carbocycles. The Balaban J connectivity index is 2.88. The van der Waals surface area contributed by atoms with Gasteiger partial charge in [0.2, 0.25) is 11.8 Å². The van der Waals surface area contributed by atoms with Crippen LogP contribution < -0.4 is 27.4 Å². The van der Waals surface area contributed by atoms with E-state index in [0.717, 1.165) is 0 Å². The molecule has 0 radical (unpaired) electrons. The van der Waals surface area contributed by atoms with Crippen LogP contribution in [0.1, 0.15) is 30.1 Å². The fraction of sp³-hybridized carbons (Fsp3) is 0.474. The lowest BCUT2D eigenvalue weighted by atomic mass is 10.1. The highest BCUT2D eigenvalue weighted by Crippen LogP contribution is 2.03. The minimum Gasteiger partial charge on any atom is -0.480 e. The third-order valence-electron chi connectivity index (χ3n) is 4.25. The number of carbonyl (C=O) groups excluding carboxylic acids is 3. The second-order valence-corrected chi connectivity index (χ2v) is 6.67. The second-order valence-electron chi connectivity index (χ2n) is 6.67. The zero-order valence-corrected chi connectivity index (χ0v) is 16.7. The molecule has 0 bridgehead atoms. The van der Waals surface area contributed by atoms with Crippen molar-refractivity contribution in [3.63, 3.8) is 0 Å². The Morgan fingerprint density at radius 3 is 1.97 bits per heavy atom. The largest absolute Gasteiger partial charge is 0.480 e. The van der Waals surface area contributed by atoms with Gasteiger partial charge < -0.3 is 37.6 Å². The first kappa shape index (κ1) is 25.0. The topological polar surface area (TPSA) is 197 Å². The standard InChI is InChI=1S/C19H29N5O6/c1-11(25)15(18(28)23-14(8-10-21)19(29)30)24-17(27)13(7-9-20)22-16(26)12-5-3-2-4-6-12/h2-6,11,13-15,25H,7-10,20-21H2,1H3,(H,22,26)(H,23,28)(H,24,27)(H,29,30)/t11-,13+,14+,15+/m1/s1. The second kappa shape index (κ2) is 12.5. The van der Waals surface area contributed by atoms with E-state index in [-0.39, 0.29) is 25.9 Å². The highest BCUT2D eigenvalue weighted by molar-refractivity contribution is 5.98. The lowest BCUT2D eigenvalue weighted by molar-refractivity contribution is -0.143. The van der Waals surface area contributed by atoms with Crippen LogP contribution in [0.4, 0.5) is 0 Å². The highest BCUT2D eigenvalue weighted by atomic mass is 16.4. The molecule has 0 saturated heterocycles. The minimum absolute atomic E-state index is 0.0209. The summed E-state index contributed by atoms with van der Waals surface area (Å²) < 4.78 is 0. The molecule has 9 N–H and O–H groups in total. The number of hydrogen-bond acceptors (Lipinski definition) is 7. The van der Waals surface area contributed by atoms with Crippen molar-refractivity contribution in [2.24, 2.45) is 11.5 Å². The Labute approximate surface area is 174 Å². The van der Waals surface area contributed by atoms with Crippen LogP contribution in [-0.2, 0) is 14.4 Å². The predicted molar refractivity (Wildman–Crippen MR) is 108 cm³/mol. The molecule has 0 aliphatic carbocycles. The fourth-order valence-corrected chi connectivity index (χ4v) is 2.61. The molecule has 0 aromatic heterocycles. The van der Waals surface area contributed by atoms with Gasteiger partial charge in [0.05, 0.1) is 6.10 Å². The zero-order chi connectivity index (χ0) is 22.7. The van der Waals surface area contributed by atoms with Gasteiger partial charge in [-0.1, -0.05) is 18.2 Å². The molecule has 4 atom stereocenters. The van der Waals surface area contributed by atoms with Gasteiger partial charge in [0.1, 0.15) is 18.1 Å². The summed E-state index contributed by atoms with van der Waals surface area (Å²) in [7, 11) is 0. The van der Waals surface area contributed by atoms with Crippen LogP contribution in [0.15, 0.2) is 30.3 Å². The number of nitrogens with one attached hydrogen (secondary N) is 3. The fourth-order valence-electron chi connectivity index (χ4n) is 2.61. The van der Waals surface area contributed by atoms with E-state index in [9.17, 15) is 24.3 Å². The normalized spacial score (nSPS) is 14.7. The first-order valence-electron chi connectivity index (χ1n) is 9.48. The Kier molecular flexibility index (Phi) is 10.4. The molecule has 166 valence electrons. The maximum atomic E-state index is 12.7. The van der Waals surface area contributed by atoms with E-state index in [1.807, 2.05) is 0 Å². The van der Waals surface area contributed by atoms with Gasteiger partial charge in [0.15, 0.2) is 0 Å². The number of hydrogen-bond donors (Lipinski definition) is 7. The zero-order valence-electron chi connectivity index (χ0n) is 16.7. The molecule has 0 fully saturated rings. The van der Waals surface area contributed by atoms with E-state index in [0.29, 0.717) is 5.56 Å². The molecule has 0 spiro atoms. The summed E-state index contributed by atoms with van der Waals surface area (Å²) in [5.74, 6) is -3.42. The summed E-state index contributed by atoms with van der Waals surface area (Å²) in [6.07, 6.45) is -1.27. The van der Waals surface area contributed by atoms with Crippen LogP contribution in [-0.4, -0.2) is 71.2 Å². The van der Waals surface area contributed by atoms with E-state index in [4.69, 9.17) is 16.6 Å². The molecule has 0 aliphatic rings. The quantitative estimate of drug-likeness (QED) is 0.199. The van der Waals surface area contributed by atoms with Gasteiger partial charge in [-0.3, -0.25) is 14.4 Å². The number of aliphatic carboxylic acids is 1. The van der Waals surface area contributed by atoms with E-state index in [1.54, 1.807) is 30.3 Å². The molecule has 1 rings (SSSR count). The highest BCUT2D eigenvalue weighted by Gasteiger charge is 2.31. The Morgan fingerprint density at radius 2 is 1.47 bits per heavy atom. The van der Waals surface area contributed by atoms with Crippen molar-refractivity contribution in [2.75, 3.05) is 13.1 Å². The predicted octanol–water partition coefficient (Wildman–Crippen LogP) is -2.08. The van der Waals surface area contributed by atoms with Gasteiger partial charge in [-0.25, -0.2) is 4.79 Å². The van der Waals surface area contributed by atoms with E-state index >= 15 is 0 Å². The van der Waals surface area contributed by atoms with Gasteiger partial charge in [0, 0.05) is 5.56 Å². The van der Waals surface area contributed by atoms with E-state index in [2.05, 4.69) is 16.0 Å². The van der Waals surface area contributed by atoms with Crippen molar-refractivity contribution in [1.82, 2.24) is 16.0 Å². The summed E-state index contributed by atoms with van der Waals surface area (Å²) in [4.78, 5) is 48.6.